The summed E-state index contributed by atoms with van der Waals surface area (Å²) in [6.07, 6.45) is 0.934. The quantitative estimate of drug-likeness (QED) is 0.693. The Balaban J connectivity index is 2.32. The Hall–Kier alpha value is -0.800. The van der Waals surface area contributed by atoms with Crippen molar-refractivity contribution in [2.75, 3.05) is 7.11 Å². The van der Waals surface area contributed by atoms with E-state index in [1.54, 1.807) is 7.11 Å². The SMILES string of the molecule is COc1c(Br)cc(Cc2ccccc2)cc1CBr. The van der Waals surface area contributed by atoms with Crippen LogP contribution in [0.2, 0.25) is 0 Å². The highest BCUT2D eigenvalue weighted by atomic mass is 79.9. The predicted octanol–water partition coefficient (Wildman–Crippen LogP) is 4.94. The van der Waals surface area contributed by atoms with E-state index < -0.39 is 0 Å². The summed E-state index contributed by atoms with van der Waals surface area (Å²) in [6, 6.07) is 14.8. The maximum atomic E-state index is 5.40. The third-order valence-corrected chi connectivity index (χ3v) is 3.97. The Labute approximate surface area is 124 Å². The molecule has 2 aromatic carbocycles. The molecule has 0 saturated carbocycles. The first kappa shape index (κ1) is 13.6. The maximum absolute atomic E-state index is 5.40. The lowest BCUT2D eigenvalue weighted by Gasteiger charge is -2.11. The lowest BCUT2D eigenvalue weighted by Crippen LogP contribution is -1.95. The molecule has 2 aromatic rings. The van der Waals surface area contributed by atoms with E-state index in [1.165, 1.54) is 11.1 Å². The molecule has 0 atom stereocenters. The van der Waals surface area contributed by atoms with Crippen molar-refractivity contribution in [3.63, 3.8) is 0 Å². The van der Waals surface area contributed by atoms with Crippen molar-refractivity contribution >= 4 is 31.9 Å². The van der Waals surface area contributed by atoms with Crippen LogP contribution >= 0.6 is 31.9 Å². The minimum Gasteiger partial charge on any atom is -0.495 e. The normalized spacial score (nSPS) is 10.4. The Bertz CT molecular complexity index is 524. The Morgan fingerprint density at radius 3 is 2.39 bits per heavy atom. The number of halogens is 2. The van der Waals surface area contributed by atoms with Gasteiger partial charge in [0, 0.05) is 10.9 Å². The van der Waals surface area contributed by atoms with Crippen molar-refractivity contribution in [3.05, 3.63) is 63.6 Å². The lowest BCUT2D eigenvalue weighted by molar-refractivity contribution is 0.408. The topological polar surface area (TPSA) is 9.23 Å². The van der Waals surface area contributed by atoms with Crippen molar-refractivity contribution in [1.82, 2.24) is 0 Å². The minimum atomic E-state index is 0.789. The Morgan fingerprint density at radius 2 is 1.78 bits per heavy atom. The van der Waals surface area contributed by atoms with Gasteiger partial charge in [-0.1, -0.05) is 52.3 Å². The van der Waals surface area contributed by atoms with Gasteiger partial charge in [-0.15, -0.1) is 0 Å². The molecule has 3 heteroatoms. The molecule has 0 spiro atoms. The molecule has 1 nitrogen and oxygen atoms in total. The molecule has 0 aliphatic heterocycles. The summed E-state index contributed by atoms with van der Waals surface area (Å²) in [4.78, 5) is 0. The van der Waals surface area contributed by atoms with E-state index in [4.69, 9.17) is 4.74 Å². The molecule has 94 valence electrons. The third kappa shape index (κ3) is 3.15. The molecular formula is C15H14Br2O. The third-order valence-electron chi connectivity index (χ3n) is 2.78. The summed E-state index contributed by atoms with van der Waals surface area (Å²) < 4.78 is 6.40. The molecule has 0 aliphatic carbocycles. The van der Waals surface area contributed by atoms with Crippen molar-refractivity contribution < 1.29 is 4.74 Å². The first-order valence-electron chi connectivity index (χ1n) is 5.69. The number of alkyl halides is 1. The molecule has 0 amide bonds. The fraction of sp³-hybridized carbons (Fsp3) is 0.200. The average Bonchev–Trinajstić information content (AvgIpc) is 2.39. The molecule has 0 fully saturated rings. The van der Waals surface area contributed by atoms with Gasteiger partial charge in [-0.25, -0.2) is 0 Å². The van der Waals surface area contributed by atoms with Crippen molar-refractivity contribution in [3.8, 4) is 5.75 Å². The standard InChI is InChI=1S/C15H14Br2O/c1-18-15-13(10-16)8-12(9-14(15)17)7-11-5-3-2-4-6-11/h2-6,8-9H,7,10H2,1H3. The first-order valence-corrected chi connectivity index (χ1v) is 7.61. The highest BCUT2D eigenvalue weighted by Crippen LogP contribution is 2.32. The van der Waals surface area contributed by atoms with Gasteiger partial charge in [-0.2, -0.15) is 0 Å². The summed E-state index contributed by atoms with van der Waals surface area (Å²) in [7, 11) is 1.70. The highest BCUT2D eigenvalue weighted by molar-refractivity contribution is 9.10. The smallest absolute Gasteiger partial charge is 0.137 e. The van der Waals surface area contributed by atoms with Gasteiger partial charge in [0.05, 0.1) is 11.6 Å². The second-order valence-corrected chi connectivity index (χ2v) is 5.48. The fourth-order valence-electron chi connectivity index (χ4n) is 1.97. The van der Waals surface area contributed by atoms with Gasteiger partial charge in [0.15, 0.2) is 0 Å². The maximum Gasteiger partial charge on any atom is 0.137 e. The molecule has 0 aliphatic rings. The lowest BCUT2D eigenvalue weighted by atomic mass is 10.0. The second-order valence-electron chi connectivity index (χ2n) is 4.07. The summed E-state index contributed by atoms with van der Waals surface area (Å²) in [5, 5.41) is 0.789. The number of methoxy groups -OCH3 is 1. The van der Waals surface area contributed by atoms with Crippen molar-refractivity contribution in [1.29, 1.82) is 0 Å². The second kappa shape index (κ2) is 6.39. The van der Waals surface area contributed by atoms with E-state index >= 15 is 0 Å². The molecule has 2 rings (SSSR count). The van der Waals surface area contributed by atoms with Crippen LogP contribution in [0.3, 0.4) is 0 Å². The van der Waals surface area contributed by atoms with Crippen LogP contribution < -0.4 is 4.74 Å². The molecule has 0 radical (unpaired) electrons. The molecule has 0 heterocycles. The van der Waals surface area contributed by atoms with E-state index in [0.717, 1.165) is 27.5 Å². The van der Waals surface area contributed by atoms with Crippen LogP contribution in [0, 0.1) is 0 Å². The molecule has 0 bridgehead atoms. The van der Waals surface area contributed by atoms with Crippen LogP contribution in [0.1, 0.15) is 16.7 Å². The summed E-state index contributed by atoms with van der Waals surface area (Å²) in [5.74, 6) is 0.906. The molecule has 18 heavy (non-hydrogen) atoms. The number of rotatable bonds is 4. The summed E-state index contributed by atoms with van der Waals surface area (Å²) in [5.41, 5.74) is 3.76. The molecule has 0 N–H and O–H groups in total. The van der Waals surface area contributed by atoms with E-state index in [0.29, 0.717) is 0 Å². The number of hydrogen-bond donors (Lipinski definition) is 0. The van der Waals surface area contributed by atoms with E-state index in [1.807, 2.05) is 6.07 Å². The number of hydrogen-bond acceptors (Lipinski definition) is 1. The van der Waals surface area contributed by atoms with Crippen molar-refractivity contribution in [2.24, 2.45) is 0 Å². The van der Waals surface area contributed by atoms with Crippen molar-refractivity contribution in [2.45, 2.75) is 11.8 Å². The van der Waals surface area contributed by atoms with E-state index in [2.05, 4.69) is 68.3 Å². The van der Waals surface area contributed by atoms with E-state index in [9.17, 15) is 0 Å². The summed E-state index contributed by atoms with van der Waals surface area (Å²) >= 11 is 7.07. The average molecular weight is 370 g/mol. The molecule has 0 unspecified atom stereocenters. The van der Waals surface area contributed by atoms with Crippen LogP contribution in [0.5, 0.6) is 5.75 Å². The zero-order valence-electron chi connectivity index (χ0n) is 10.1. The number of benzene rings is 2. The highest BCUT2D eigenvalue weighted by Gasteiger charge is 2.09. The van der Waals surface area contributed by atoms with E-state index in [-0.39, 0.29) is 0 Å². The zero-order chi connectivity index (χ0) is 13.0. The first-order chi connectivity index (χ1) is 8.74. The van der Waals surface area contributed by atoms with Gasteiger partial charge in [-0.3, -0.25) is 0 Å². The summed E-state index contributed by atoms with van der Waals surface area (Å²) in [6.45, 7) is 0. The Kier molecular flexibility index (Phi) is 4.84. The van der Waals surface area contributed by atoms with Gasteiger partial charge in [0.2, 0.25) is 0 Å². The van der Waals surface area contributed by atoms with Gasteiger partial charge < -0.3 is 4.74 Å². The van der Waals surface area contributed by atoms with Crippen LogP contribution in [0.15, 0.2) is 46.9 Å². The molecular weight excluding hydrogens is 356 g/mol. The number of ether oxygens (including phenoxy) is 1. The van der Waals surface area contributed by atoms with Gasteiger partial charge in [0.1, 0.15) is 5.75 Å². The largest absolute Gasteiger partial charge is 0.495 e. The fourth-order valence-corrected chi connectivity index (χ4v) is 3.10. The van der Waals surface area contributed by atoms with Crippen LogP contribution in [0.4, 0.5) is 0 Å². The molecule has 0 aromatic heterocycles. The van der Waals surface area contributed by atoms with Crippen LogP contribution in [0.25, 0.3) is 0 Å². The minimum absolute atomic E-state index is 0.789. The van der Waals surface area contributed by atoms with Crippen LogP contribution in [-0.2, 0) is 11.8 Å². The predicted molar refractivity (Wildman–Crippen MR) is 82.6 cm³/mol. The monoisotopic (exact) mass is 368 g/mol. The van der Waals surface area contributed by atoms with Crippen LogP contribution in [-0.4, -0.2) is 7.11 Å². The Morgan fingerprint density at radius 1 is 1.06 bits per heavy atom. The zero-order valence-corrected chi connectivity index (χ0v) is 13.3. The van der Waals surface area contributed by atoms with Gasteiger partial charge in [0.25, 0.3) is 0 Å². The molecule has 0 saturated heterocycles. The van der Waals surface area contributed by atoms with Gasteiger partial charge >= 0.3 is 0 Å². The van der Waals surface area contributed by atoms with Gasteiger partial charge in [-0.05, 0) is 39.5 Å².